The molecule has 0 fully saturated rings. The molecule has 6 rings (SSSR count). The zero-order chi connectivity index (χ0) is 29.5. The molecule has 10 heteroatoms. The van der Waals surface area contributed by atoms with E-state index < -0.39 is 12.0 Å². The normalized spacial score (nSPS) is 14.9. The Labute approximate surface area is 248 Å². The molecule has 0 bridgehead atoms. The molecule has 2 aromatic carbocycles. The molecule has 2 N–H and O–H groups in total. The molecule has 0 saturated heterocycles. The van der Waals surface area contributed by atoms with Crippen molar-refractivity contribution >= 4 is 46.3 Å². The second-order valence-corrected chi connectivity index (χ2v) is 11.9. The van der Waals surface area contributed by atoms with E-state index in [1.807, 2.05) is 78.4 Å². The maximum absolute atomic E-state index is 14.0. The van der Waals surface area contributed by atoms with Crippen LogP contribution in [-0.4, -0.2) is 26.1 Å². The first kappa shape index (κ1) is 27.4. The van der Waals surface area contributed by atoms with E-state index in [1.165, 1.54) is 22.7 Å². The highest BCUT2D eigenvalue weighted by molar-refractivity contribution is 7.10. The minimum absolute atomic E-state index is 0.217. The van der Waals surface area contributed by atoms with Crippen molar-refractivity contribution in [1.82, 2.24) is 9.13 Å². The average molecular weight is 595 g/mol. The number of amides is 1. The van der Waals surface area contributed by atoms with Crippen LogP contribution in [0, 0.1) is 13.8 Å². The number of carbonyl (C=O) groups excluding carboxylic acids is 1. The summed E-state index contributed by atoms with van der Waals surface area (Å²) >= 11 is 2.79. The number of nitrogens with one attached hydrogen (secondary N) is 1. The number of aromatic nitrogens is 2. The summed E-state index contributed by atoms with van der Waals surface area (Å²) in [5.41, 5.74) is 5.22. The number of allylic oxidation sites excluding steroid dienone is 1. The summed E-state index contributed by atoms with van der Waals surface area (Å²) in [5.74, 6) is -1.28. The third-order valence-electron chi connectivity index (χ3n) is 7.24. The van der Waals surface area contributed by atoms with E-state index in [4.69, 9.17) is 4.99 Å². The molecule has 1 atom stereocenters. The maximum atomic E-state index is 14.0. The van der Waals surface area contributed by atoms with Crippen molar-refractivity contribution in [2.24, 2.45) is 4.99 Å². The number of aromatic carboxylic acids is 1. The van der Waals surface area contributed by atoms with Crippen molar-refractivity contribution in [1.29, 1.82) is 0 Å². The molecule has 42 heavy (non-hydrogen) atoms. The van der Waals surface area contributed by atoms with Gasteiger partial charge in [-0.15, -0.1) is 11.3 Å². The Morgan fingerprint density at radius 1 is 1.00 bits per heavy atom. The van der Waals surface area contributed by atoms with Crippen LogP contribution in [0.3, 0.4) is 0 Å². The second kappa shape index (κ2) is 10.9. The number of carbonyl (C=O) groups is 2. The summed E-state index contributed by atoms with van der Waals surface area (Å²) in [6, 6.07) is 21.2. The second-order valence-electron chi connectivity index (χ2n) is 9.93. The van der Waals surface area contributed by atoms with Crippen LogP contribution < -0.4 is 20.2 Å². The quantitative estimate of drug-likeness (QED) is 0.287. The van der Waals surface area contributed by atoms with Gasteiger partial charge in [0.2, 0.25) is 0 Å². The standard InChI is InChI=1S/C32H26N4O4S2/c1-18-16-22(20(3)35(18)24-13-11-21(12-14-24)31(39)40)17-26-30(38)36-28(25-10-7-15-41-25)27(19(2)33-32(36)42-26)29(37)34-23-8-5-4-6-9-23/h4-17,28H,1-3H3,(H,34,37)(H,39,40)/b26-17-/t28-/m0/s1. The highest BCUT2D eigenvalue weighted by atomic mass is 32.1. The average Bonchev–Trinajstić information content (AvgIpc) is 3.67. The fourth-order valence-electron chi connectivity index (χ4n) is 5.27. The van der Waals surface area contributed by atoms with Gasteiger partial charge in [-0.2, -0.15) is 0 Å². The lowest BCUT2D eigenvalue weighted by Crippen LogP contribution is -2.40. The third-order valence-corrected chi connectivity index (χ3v) is 9.15. The van der Waals surface area contributed by atoms with Gasteiger partial charge in [0.05, 0.1) is 21.4 Å². The van der Waals surface area contributed by atoms with Crippen molar-refractivity contribution in [3.8, 4) is 5.69 Å². The van der Waals surface area contributed by atoms with Crippen LogP contribution in [0.5, 0.6) is 0 Å². The Kier molecular flexibility index (Phi) is 7.09. The summed E-state index contributed by atoms with van der Waals surface area (Å²) in [6.45, 7) is 5.74. The predicted octanol–water partition coefficient (Wildman–Crippen LogP) is 5.04. The molecule has 210 valence electrons. The fourth-order valence-corrected chi connectivity index (χ4v) is 7.13. The van der Waals surface area contributed by atoms with Gasteiger partial charge in [0, 0.05) is 27.6 Å². The summed E-state index contributed by atoms with van der Waals surface area (Å²) in [7, 11) is 0. The number of fused-ring (bicyclic) bond motifs is 1. The molecule has 4 heterocycles. The van der Waals surface area contributed by atoms with Crippen molar-refractivity contribution in [3.05, 3.63) is 137 Å². The van der Waals surface area contributed by atoms with Crippen molar-refractivity contribution < 1.29 is 14.7 Å². The monoisotopic (exact) mass is 594 g/mol. The molecule has 5 aromatic rings. The van der Waals surface area contributed by atoms with E-state index >= 15 is 0 Å². The summed E-state index contributed by atoms with van der Waals surface area (Å²) < 4.78 is 4.16. The van der Waals surface area contributed by atoms with Gasteiger partial charge in [0.1, 0.15) is 6.04 Å². The zero-order valence-electron chi connectivity index (χ0n) is 23.0. The van der Waals surface area contributed by atoms with Gasteiger partial charge in [-0.3, -0.25) is 14.2 Å². The van der Waals surface area contributed by atoms with E-state index in [0.29, 0.717) is 26.3 Å². The number of carboxylic acid groups (broad SMARTS) is 1. The van der Waals surface area contributed by atoms with Crippen molar-refractivity contribution in [2.45, 2.75) is 26.8 Å². The van der Waals surface area contributed by atoms with Gasteiger partial charge in [-0.25, -0.2) is 9.79 Å². The van der Waals surface area contributed by atoms with Crippen molar-refractivity contribution in [3.63, 3.8) is 0 Å². The number of carboxylic acids is 1. The first-order valence-electron chi connectivity index (χ1n) is 13.2. The van der Waals surface area contributed by atoms with Crippen molar-refractivity contribution in [2.75, 3.05) is 5.32 Å². The van der Waals surface area contributed by atoms with E-state index in [0.717, 1.165) is 27.5 Å². The van der Waals surface area contributed by atoms with E-state index in [9.17, 15) is 19.5 Å². The molecule has 0 saturated carbocycles. The van der Waals surface area contributed by atoms with Crippen LogP contribution in [0.15, 0.2) is 99.2 Å². The Balaban J connectivity index is 1.44. The highest BCUT2D eigenvalue weighted by Crippen LogP contribution is 2.33. The number of hydrogen-bond donors (Lipinski definition) is 2. The number of para-hydroxylation sites is 1. The van der Waals surface area contributed by atoms with Gasteiger partial charge >= 0.3 is 5.97 Å². The fraction of sp³-hybridized carbons (Fsp3) is 0.125. The Morgan fingerprint density at radius 2 is 1.74 bits per heavy atom. The molecular formula is C32H26N4O4S2. The van der Waals surface area contributed by atoms with Crippen LogP contribution in [0.1, 0.15) is 45.2 Å². The summed E-state index contributed by atoms with van der Waals surface area (Å²) in [5, 5.41) is 14.2. The number of anilines is 1. The van der Waals surface area contributed by atoms with Crippen LogP contribution >= 0.6 is 22.7 Å². The summed E-state index contributed by atoms with van der Waals surface area (Å²) in [4.78, 5) is 45.0. The maximum Gasteiger partial charge on any atom is 0.335 e. The number of rotatable bonds is 6. The lowest BCUT2D eigenvalue weighted by molar-refractivity contribution is -0.113. The minimum Gasteiger partial charge on any atom is -0.478 e. The van der Waals surface area contributed by atoms with Gasteiger partial charge in [-0.05, 0) is 86.3 Å². The molecule has 0 radical (unpaired) electrons. The van der Waals surface area contributed by atoms with E-state index in [2.05, 4.69) is 5.32 Å². The number of nitrogens with zero attached hydrogens (tertiary/aromatic N) is 3. The Morgan fingerprint density at radius 3 is 2.40 bits per heavy atom. The third kappa shape index (κ3) is 4.84. The van der Waals surface area contributed by atoms with Gasteiger partial charge < -0.3 is 15.0 Å². The Bertz CT molecular complexity index is 2050. The predicted molar refractivity (Wildman–Crippen MR) is 165 cm³/mol. The zero-order valence-corrected chi connectivity index (χ0v) is 24.6. The number of aryl methyl sites for hydroxylation is 1. The summed E-state index contributed by atoms with van der Waals surface area (Å²) in [6.07, 6.45) is 1.86. The molecule has 1 amide bonds. The number of hydrogen-bond acceptors (Lipinski definition) is 6. The number of thiazole rings is 1. The molecule has 1 aliphatic heterocycles. The van der Waals surface area contributed by atoms with E-state index in [1.54, 1.807) is 35.8 Å². The van der Waals surface area contributed by atoms with Crippen LogP contribution in [0.2, 0.25) is 0 Å². The lowest BCUT2D eigenvalue weighted by atomic mass is 10.0. The Hall–Kier alpha value is -4.80. The van der Waals surface area contributed by atoms with Crippen LogP contribution in [-0.2, 0) is 4.79 Å². The molecular weight excluding hydrogens is 569 g/mol. The molecule has 3 aromatic heterocycles. The smallest absolute Gasteiger partial charge is 0.335 e. The van der Waals surface area contributed by atoms with Crippen LogP contribution in [0.4, 0.5) is 5.69 Å². The lowest BCUT2D eigenvalue weighted by Gasteiger charge is -2.24. The SMILES string of the molecule is CC1=C(C(=O)Nc2ccccc2)[C@H](c2cccs2)n2c(s/c(=C\c3cc(C)n(-c4ccc(C(=O)O)cc4)c3C)c2=O)=N1. The first-order valence-corrected chi connectivity index (χ1v) is 14.9. The minimum atomic E-state index is -0.977. The molecule has 0 unspecified atom stereocenters. The number of thiophene rings is 1. The molecule has 1 aliphatic rings. The van der Waals surface area contributed by atoms with E-state index in [-0.39, 0.29) is 17.0 Å². The molecule has 0 aliphatic carbocycles. The largest absolute Gasteiger partial charge is 0.478 e. The van der Waals surface area contributed by atoms with Gasteiger partial charge in [0.15, 0.2) is 4.80 Å². The van der Waals surface area contributed by atoms with Gasteiger partial charge in [0.25, 0.3) is 11.5 Å². The first-order chi connectivity index (χ1) is 20.2. The van der Waals surface area contributed by atoms with Crippen LogP contribution in [0.25, 0.3) is 11.8 Å². The van der Waals surface area contributed by atoms with Gasteiger partial charge in [-0.1, -0.05) is 35.6 Å². The number of benzene rings is 2. The molecule has 8 nitrogen and oxygen atoms in total. The topological polar surface area (TPSA) is 106 Å². The molecule has 0 spiro atoms. The highest BCUT2D eigenvalue weighted by Gasteiger charge is 2.33.